The van der Waals surface area contributed by atoms with Gasteiger partial charge in [0.1, 0.15) is 17.6 Å². The average molecular weight is 454 g/mol. The normalized spacial score (nSPS) is 38.8. The van der Waals surface area contributed by atoms with E-state index in [2.05, 4.69) is 10.2 Å². The Morgan fingerprint density at radius 1 is 1.28 bits per heavy atom. The van der Waals surface area contributed by atoms with Gasteiger partial charge in [0, 0.05) is 32.7 Å². The Bertz CT molecular complexity index is 758. The largest absolute Gasteiger partial charge is 0.466 e. The van der Waals surface area contributed by atoms with Crippen LogP contribution in [-0.4, -0.2) is 109 Å². The number of nitrogens with one attached hydrogen (secondary N) is 1. The molecule has 4 aliphatic rings. The average Bonchev–Trinajstić information content (AvgIpc) is 3.26. The van der Waals surface area contributed by atoms with Crippen molar-refractivity contribution in [3.8, 4) is 0 Å². The van der Waals surface area contributed by atoms with Crippen LogP contribution in [0.3, 0.4) is 0 Å². The highest BCUT2D eigenvalue weighted by atomic mass is 16.6. The minimum absolute atomic E-state index is 0.0165. The third-order valence-corrected chi connectivity index (χ3v) is 7.78. The van der Waals surface area contributed by atoms with Crippen LogP contribution in [0.4, 0.5) is 0 Å². The molecule has 0 aromatic carbocycles. The molecule has 6 atom stereocenters. The van der Waals surface area contributed by atoms with Gasteiger partial charge in [-0.05, 0) is 26.2 Å². The molecule has 10 nitrogen and oxygen atoms in total. The molecule has 4 heterocycles. The second-order valence-electron chi connectivity index (χ2n) is 9.46. The molecular formula is C22H35N3O7. The molecule has 4 aliphatic heterocycles. The zero-order chi connectivity index (χ0) is 23.1. The van der Waals surface area contributed by atoms with Crippen LogP contribution in [0.15, 0.2) is 0 Å². The Labute approximate surface area is 188 Å². The SMILES string of the molecule is CCOC(=O)[C@@H]1[C@H]2C(=O)N(CCO)C(C(=O)NCCN3CCOCC3)C23CC(C)[C@@]1(C)O3. The number of nitrogens with zero attached hydrogens (tertiary/aromatic N) is 2. The highest BCUT2D eigenvalue weighted by Gasteiger charge is 2.80. The van der Waals surface area contributed by atoms with Crippen LogP contribution in [0.1, 0.15) is 27.2 Å². The summed E-state index contributed by atoms with van der Waals surface area (Å²) < 4.78 is 17.2. The second kappa shape index (κ2) is 8.89. The lowest BCUT2D eigenvalue weighted by molar-refractivity contribution is -0.161. The molecule has 4 saturated heterocycles. The van der Waals surface area contributed by atoms with Crippen molar-refractivity contribution in [2.75, 3.05) is 59.2 Å². The predicted molar refractivity (Wildman–Crippen MR) is 112 cm³/mol. The number of esters is 1. The van der Waals surface area contributed by atoms with E-state index < -0.39 is 35.0 Å². The lowest BCUT2D eigenvalue weighted by Gasteiger charge is -2.35. The zero-order valence-electron chi connectivity index (χ0n) is 19.2. The van der Waals surface area contributed by atoms with E-state index in [1.54, 1.807) is 6.92 Å². The van der Waals surface area contributed by atoms with Crippen LogP contribution >= 0.6 is 0 Å². The number of aliphatic hydroxyl groups excluding tert-OH is 1. The van der Waals surface area contributed by atoms with Gasteiger partial charge in [-0.3, -0.25) is 19.3 Å². The third kappa shape index (κ3) is 3.52. The van der Waals surface area contributed by atoms with Crippen LogP contribution in [0, 0.1) is 17.8 Å². The molecule has 0 aromatic heterocycles. The molecule has 2 amide bonds. The molecule has 0 radical (unpaired) electrons. The fourth-order valence-corrected chi connectivity index (χ4v) is 6.24. The molecule has 32 heavy (non-hydrogen) atoms. The summed E-state index contributed by atoms with van der Waals surface area (Å²) in [4.78, 5) is 43.5. The summed E-state index contributed by atoms with van der Waals surface area (Å²) in [6.07, 6.45) is 0.499. The van der Waals surface area contributed by atoms with Crippen molar-refractivity contribution >= 4 is 17.8 Å². The summed E-state index contributed by atoms with van der Waals surface area (Å²) >= 11 is 0. The minimum Gasteiger partial charge on any atom is -0.466 e. The van der Waals surface area contributed by atoms with Crippen molar-refractivity contribution in [1.29, 1.82) is 0 Å². The Hall–Kier alpha value is -1.75. The van der Waals surface area contributed by atoms with E-state index in [1.165, 1.54) is 4.90 Å². The van der Waals surface area contributed by atoms with Crippen molar-refractivity contribution in [1.82, 2.24) is 15.1 Å². The van der Waals surface area contributed by atoms with Gasteiger partial charge in [-0.2, -0.15) is 0 Å². The van der Waals surface area contributed by atoms with E-state index in [0.717, 1.165) is 13.1 Å². The molecule has 4 fully saturated rings. The highest BCUT2D eigenvalue weighted by Crippen LogP contribution is 2.65. The lowest BCUT2D eigenvalue weighted by Crippen LogP contribution is -2.56. The molecular weight excluding hydrogens is 418 g/mol. The summed E-state index contributed by atoms with van der Waals surface area (Å²) in [7, 11) is 0. The number of fused-ring (bicyclic) bond motifs is 1. The number of hydrogen-bond acceptors (Lipinski definition) is 8. The smallest absolute Gasteiger partial charge is 0.312 e. The monoisotopic (exact) mass is 453 g/mol. The van der Waals surface area contributed by atoms with Gasteiger partial charge in [-0.15, -0.1) is 0 Å². The van der Waals surface area contributed by atoms with Gasteiger partial charge in [0.05, 0.1) is 37.9 Å². The van der Waals surface area contributed by atoms with E-state index in [4.69, 9.17) is 14.2 Å². The Morgan fingerprint density at radius 2 is 2.00 bits per heavy atom. The number of β-amino-alcohol motifs (C(OH)–C–C–N with tert-alkyl or cyclic N) is 1. The van der Waals surface area contributed by atoms with Gasteiger partial charge < -0.3 is 29.5 Å². The first kappa shape index (κ1) is 23.4. The summed E-state index contributed by atoms with van der Waals surface area (Å²) in [5, 5.41) is 12.6. The number of hydrogen-bond donors (Lipinski definition) is 2. The van der Waals surface area contributed by atoms with Gasteiger partial charge >= 0.3 is 5.97 Å². The third-order valence-electron chi connectivity index (χ3n) is 7.78. The Balaban J connectivity index is 1.58. The van der Waals surface area contributed by atoms with E-state index in [1.807, 2.05) is 13.8 Å². The van der Waals surface area contributed by atoms with E-state index in [9.17, 15) is 19.5 Å². The first-order valence-corrected chi connectivity index (χ1v) is 11.7. The fraction of sp³-hybridized carbons (Fsp3) is 0.864. The molecule has 2 N–H and O–H groups in total. The summed E-state index contributed by atoms with van der Waals surface area (Å²) in [6.45, 7) is 9.64. The topological polar surface area (TPSA) is 118 Å². The lowest BCUT2D eigenvalue weighted by atomic mass is 9.62. The van der Waals surface area contributed by atoms with Crippen molar-refractivity contribution in [2.45, 2.75) is 44.4 Å². The summed E-state index contributed by atoms with van der Waals surface area (Å²) in [5.74, 6) is -2.67. The van der Waals surface area contributed by atoms with Crippen LogP contribution < -0.4 is 5.32 Å². The fourth-order valence-electron chi connectivity index (χ4n) is 6.24. The second-order valence-corrected chi connectivity index (χ2v) is 9.46. The van der Waals surface area contributed by atoms with Gasteiger partial charge in [0.2, 0.25) is 11.8 Å². The molecule has 0 aliphatic carbocycles. The predicted octanol–water partition coefficient (Wildman–Crippen LogP) is -0.999. The van der Waals surface area contributed by atoms with E-state index in [0.29, 0.717) is 32.7 Å². The van der Waals surface area contributed by atoms with Crippen molar-refractivity contribution in [3.63, 3.8) is 0 Å². The Morgan fingerprint density at radius 3 is 2.66 bits per heavy atom. The van der Waals surface area contributed by atoms with Crippen molar-refractivity contribution in [3.05, 3.63) is 0 Å². The Kier molecular flexibility index (Phi) is 6.50. The van der Waals surface area contributed by atoms with E-state index in [-0.39, 0.29) is 37.5 Å². The maximum absolute atomic E-state index is 13.5. The number of amides is 2. The highest BCUT2D eigenvalue weighted by molar-refractivity contribution is 5.98. The maximum atomic E-state index is 13.5. The number of morpholine rings is 1. The van der Waals surface area contributed by atoms with Crippen molar-refractivity contribution < 1.29 is 33.7 Å². The summed E-state index contributed by atoms with van der Waals surface area (Å²) in [5.41, 5.74) is -1.97. The zero-order valence-corrected chi connectivity index (χ0v) is 19.2. The molecule has 2 bridgehead atoms. The molecule has 4 rings (SSSR count). The minimum atomic E-state index is -1.10. The molecule has 3 unspecified atom stereocenters. The van der Waals surface area contributed by atoms with Crippen LogP contribution in [-0.2, 0) is 28.6 Å². The van der Waals surface area contributed by atoms with Crippen LogP contribution in [0.2, 0.25) is 0 Å². The van der Waals surface area contributed by atoms with Crippen LogP contribution in [0.25, 0.3) is 0 Å². The number of ether oxygens (including phenoxy) is 3. The number of aliphatic hydroxyl groups is 1. The first-order chi connectivity index (χ1) is 15.3. The molecule has 1 spiro atoms. The number of rotatable bonds is 8. The molecule has 10 heteroatoms. The van der Waals surface area contributed by atoms with Gasteiger partial charge in [-0.25, -0.2) is 0 Å². The molecule has 180 valence electrons. The van der Waals surface area contributed by atoms with E-state index >= 15 is 0 Å². The number of carbonyl (C=O) groups is 3. The quantitative estimate of drug-likeness (QED) is 0.450. The standard InChI is InChI=1S/C22H35N3O7/c1-4-31-20(29)16-15-19(28)25(7-10-26)17(22(15)13-14(2)21(16,3)32-22)18(27)23-5-6-24-8-11-30-12-9-24/h14-17,26H,4-13H2,1-3H3,(H,23,27)/t14?,15-,16-,17?,21+,22?/m0/s1. The van der Waals surface area contributed by atoms with Gasteiger partial charge in [0.15, 0.2) is 0 Å². The first-order valence-electron chi connectivity index (χ1n) is 11.7. The van der Waals surface area contributed by atoms with Gasteiger partial charge in [0.25, 0.3) is 0 Å². The number of carbonyl (C=O) groups excluding carboxylic acids is 3. The van der Waals surface area contributed by atoms with Crippen molar-refractivity contribution in [2.24, 2.45) is 17.8 Å². The number of likely N-dealkylation sites (tertiary alicyclic amines) is 1. The maximum Gasteiger partial charge on any atom is 0.312 e. The summed E-state index contributed by atoms with van der Waals surface area (Å²) in [6, 6.07) is -0.888. The molecule has 0 aromatic rings. The molecule has 0 saturated carbocycles. The van der Waals surface area contributed by atoms with Crippen LogP contribution in [0.5, 0.6) is 0 Å². The van der Waals surface area contributed by atoms with Gasteiger partial charge in [-0.1, -0.05) is 6.92 Å².